The first kappa shape index (κ1) is 16.5. The highest BCUT2D eigenvalue weighted by Gasteiger charge is 2.32. The summed E-state index contributed by atoms with van der Waals surface area (Å²) >= 11 is 0. The van der Waals surface area contributed by atoms with Gasteiger partial charge in [0.2, 0.25) is 0 Å². The minimum atomic E-state index is -4.61. The fraction of sp³-hybridized carbons (Fsp3) is 0.133. The van der Waals surface area contributed by atoms with E-state index in [4.69, 9.17) is 0 Å². The molecule has 23 heavy (non-hydrogen) atoms. The van der Waals surface area contributed by atoms with E-state index in [1.807, 2.05) is 0 Å². The number of carboxylic acids is 1. The molecule has 1 aromatic heterocycles. The number of halogens is 3. The predicted octanol–water partition coefficient (Wildman–Crippen LogP) is 2.66. The summed E-state index contributed by atoms with van der Waals surface area (Å²) in [4.78, 5) is 26.4. The van der Waals surface area contributed by atoms with E-state index in [-0.39, 0.29) is 5.56 Å². The van der Waals surface area contributed by atoms with Crippen LogP contribution in [0.1, 0.15) is 27.7 Å². The van der Waals surface area contributed by atoms with Gasteiger partial charge in [-0.15, -0.1) is 0 Å². The van der Waals surface area contributed by atoms with Crippen LogP contribution in [-0.4, -0.2) is 22.0 Å². The summed E-state index contributed by atoms with van der Waals surface area (Å²) < 4.78 is 37.3. The monoisotopic (exact) mass is 324 g/mol. The Labute approximate surface area is 128 Å². The number of hydrogen-bond donors (Lipinski definition) is 2. The van der Waals surface area contributed by atoms with Crippen molar-refractivity contribution in [2.75, 3.05) is 0 Å². The fourth-order valence-corrected chi connectivity index (χ4v) is 1.84. The van der Waals surface area contributed by atoms with Gasteiger partial charge in [0, 0.05) is 6.20 Å². The molecule has 2 N–H and O–H groups in total. The van der Waals surface area contributed by atoms with Gasteiger partial charge in [-0.1, -0.05) is 30.3 Å². The maximum Gasteiger partial charge on any atom is 0.433 e. The number of carbonyl (C=O) groups excluding carboxylic acids is 1. The molecule has 0 fully saturated rings. The highest BCUT2D eigenvalue weighted by atomic mass is 19.4. The van der Waals surface area contributed by atoms with E-state index in [2.05, 4.69) is 10.3 Å². The highest BCUT2D eigenvalue weighted by molar-refractivity contribution is 5.96. The molecule has 0 saturated heterocycles. The number of aliphatic carboxylic acids is 1. The summed E-state index contributed by atoms with van der Waals surface area (Å²) in [5, 5.41) is 11.4. The van der Waals surface area contributed by atoms with E-state index in [9.17, 15) is 27.9 Å². The summed E-state index contributed by atoms with van der Waals surface area (Å²) in [6.45, 7) is 0. The van der Waals surface area contributed by atoms with Crippen molar-refractivity contribution in [1.29, 1.82) is 0 Å². The number of nitrogens with one attached hydrogen (secondary N) is 1. The minimum Gasteiger partial charge on any atom is -0.479 e. The predicted molar refractivity (Wildman–Crippen MR) is 73.5 cm³/mol. The van der Waals surface area contributed by atoms with Crippen molar-refractivity contribution in [3.8, 4) is 0 Å². The van der Waals surface area contributed by atoms with Crippen LogP contribution >= 0.6 is 0 Å². The number of amides is 1. The number of rotatable bonds is 4. The molecule has 1 heterocycles. The van der Waals surface area contributed by atoms with Crippen molar-refractivity contribution < 1.29 is 27.9 Å². The van der Waals surface area contributed by atoms with Crippen LogP contribution in [0.5, 0.6) is 0 Å². The van der Waals surface area contributed by atoms with Crippen LogP contribution in [0.2, 0.25) is 0 Å². The van der Waals surface area contributed by atoms with E-state index < -0.39 is 29.8 Å². The zero-order valence-electron chi connectivity index (χ0n) is 11.5. The van der Waals surface area contributed by atoms with E-state index in [0.717, 1.165) is 12.3 Å². The standard InChI is InChI=1S/C15H11F3N2O3/c16-15(17,18)11-7-6-10(8-19-11)13(21)20-12(14(22)23)9-4-2-1-3-5-9/h1-8,12H,(H,20,21)(H,22,23)/t12-/m0/s1. The molecule has 0 radical (unpaired) electrons. The first-order valence-corrected chi connectivity index (χ1v) is 6.41. The van der Waals surface area contributed by atoms with Crippen molar-refractivity contribution in [2.45, 2.75) is 12.2 Å². The van der Waals surface area contributed by atoms with E-state index in [1.54, 1.807) is 18.2 Å². The highest BCUT2D eigenvalue weighted by Crippen LogP contribution is 2.27. The molecule has 1 aromatic carbocycles. The molecule has 2 aromatic rings. The first-order valence-electron chi connectivity index (χ1n) is 6.41. The summed E-state index contributed by atoms with van der Waals surface area (Å²) in [6.07, 6.45) is -3.86. The number of carboxylic acid groups (broad SMARTS) is 1. The third-order valence-electron chi connectivity index (χ3n) is 2.97. The van der Waals surface area contributed by atoms with Gasteiger partial charge in [0.05, 0.1) is 5.56 Å². The van der Waals surface area contributed by atoms with Crippen LogP contribution in [0.3, 0.4) is 0 Å². The number of pyridine rings is 1. The van der Waals surface area contributed by atoms with Gasteiger partial charge in [-0.05, 0) is 17.7 Å². The molecule has 5 nitrogen and oxygen atoms in total. The molecule has 0 unspecified atom stereocenters. The Morgan fingerprint density at radius 2 is 1.74 bits per heavy atom. The third-order valence-corrected chi connectivity index (χ3v) is 2.97. The van der Waals surface area contributed by atoms with Crippen LogP contribution in [0.15, 0.2) is 48.7 Å². The maximum absolute atomic E-state index is 12.4. The lowest BCUT2D eigenvalue weighted by molar-refractivity contribution is -0.141. The lowest BCUT2D eigenvalue weighted by Gasteiger charge is -2.15. The summed E-state index contributed by atoms with van der Waals surface area (Å²) in [5.74, 6) is -2.12. The smallest absolute Gasteiger partial charge is 0.433 e. The number of carbonyl (C=O) groups is 2. The number of nitrogens with zero attached hydrogens (tertiary/aromatic N) is 1. The molecule has 0 aliphatic rings. The van der Waals surface area contributed by atoms with Crippen LogP contribution in [0.4, 0.5) is 13.2 Å². The molecule has 1 amide bonds. The lowest BCUT2D eigenvalue weighted by atomic mass is 10.1. The Morgan fingerprint density at radius 3 is 2.22 bits per heavy atom. The van der Waals surface area contributed by atoms with Crippen molar-refractivity contribution in [3.05, 3.63) is 65.5 Å². The summed E-state index contributed by atoms with van der Waals surface area (Å²) in [5.41, 5.74) is -0.958. The van der Waals surface area contributed by atoms with E-state index >= 15 is 0 Å². The van der Waals surface area contributed by atoms with Gasteiger partial charge in [-0.2, -0.15) is 13.2 Å². The van der Waals surface area contributed by atoms with Crippen molar-refractivity contribution in [3.63, 3.8) is 0 Å². The zero-order chi connectivity index (χ0) is 17.0. The Morgan fingerprint density at radius 1 is 1.09 bits per heavy atom. The number of hydrogen-bond acceptors (Lipinski definition) is 3. The van der Waals surface area contributed by atoms with Crippen LogP contribution in [0.25, 0.3) is 0 Å². The van der Waals surface area contributed by atoms with Crippen LogP contribution in [0, 0.1) is 0 Å². The van der Waals surface area contributed by atoms with E-state index in [0.29, 0.717) is 11.6 Å². The number of aromatic nitrogens is 1. The number of alkyl halides is 3. The molecular weight excluding hydrogens is 313 g/mol. The SMILES string of the molecule is O=C(N[C@H](C(=O)O)c1ccccc1)c1ccc(C(F)(F)F)nc1. The largest absolute Gasteiger partial charge is 0.479 e. The van der Waals surface area contributed by atoms with Gasteiger partial charge < -0.3 is 10.4 Å². The Hall–Kier alpha value is -2.90. The lowest BCUT2D eigenvalue weighted by Crippen LogP contribution is -2.33. The molecule has 0 aliphatic heterocycles. The van der Waals surface area contributed by atoms with Gasteiger partial charge >= 0.3 is 12.1 Å². The quantitative estimate of drug-likeness (QED) is 0.906. The molecule has 120 valence electrons. The van der Waals surface area contributed by atoms with Gasteiger partial charge in [0.1, 0.15) is 5.69 Å². The molecule has 0 saturated carbocycles. The second-order valence-electron chi connectivity index (χ2n) is 4.59. The molecule has 0 aliphatic carbocycles. The zero-order valence-corrected chi connectivity index (χ0v) is 11.5. The van der Waals surface area contributed by atoms with Crippen molar-refractivity contribution >= 4 is 11.9 Å². The number of benzene rings is 1. The van der Waals surface area contributed by atoms with Crippen molar-refractivity contribution in [1.82, 2.24) is 10.3 Å². The second-order valence-corrected chi connectivity index (χ2v) is 4.59. The molecule has 1 atom stereocenters. The van der Waals surface area contributed by atoms with Gasteiger partial charge in [-0.25, -0.2) is 4.79 Å². The summed E-state index contributed by atoms with van der Waals surface area (Å²) in [6, 6.07) is 8.22. The average molecular weight is 324 g/mol. The second kappa shape index (κ2) is 6.47. The van der Waals surface area contributed by atoms with Gasteiger partial charge in [0.25, 0.3) is 5.91 Å². The molecule has 2 rings (SSSR count). The minimum absolute atomic E-state index is 0.166. The first-order chi connectivity index (χ1) is 10.8. The van der Waals surface area contributed by atoms with Gasteiger partial charge in [-0.3, -0.25) is 9.78 Å². The normalized spacial score (nSPS) is 12.5. The molecular formula is C15H11F3N2O3. The third kappa shape index (κ3) is 4.06. The van der Waals surface area contributed by atoms with Crippen molar-refractivity contribution in [2.24, 2.45) is 0 Å². The molecule has 8 heteroatoms. The Kier molecular flexibility index (Phi) is 4.63. The van der Waals surface area contributed by atoms with Crippen LogP contribution in [-0.2, 0) is 11.0 Å². The maximum atomic E-state index is 12.4. The average Bonchev–Trinajstić information content (AvgIpc) is 2.52. The van der Waals surface area contributed by atoms with E-state index in [1.165, 1.54) is 12.1 Å². The van der Waals surface area contributed by atoms with Crippen LogP contribution < -0.4 is 5.32 Å². The topological polar surface area (TPSA) is 79.3 Å². The fourth-order valence-electron chi connectivity index (χ4n) is 1.84. The molecule has 0 spiro atoms. The Balaban J connectivity index is 2.18. The summed E-state index contributed by atoms with van der Waals surface area (Å²) in [7, 11) is 0. The van der Waals surface area contributed by atoms with Gasteiger partial charge in [0.15, 0.2) is 6.04 Å². The Bertz CT molecular complexity index is 700. The molecule has 0 bridgehead atoms.